The van der Waals surface area contributed by atoms with Gasteiger partial charge in [-0.15, -0.1) is 0 Å². The Hall–Kier alpha value is -2.37. The van der Waals surface area contributed by atoms with E-state index in [2.05, 4.69) is 24.3 Å². The summed E-state index contributed by atoms with van der Waals surface area (Å²) in [6.45, 7) is 8.77. The second kappa shape index (κ2) is 6.86. The number of likely N-dealkylation sites (tertiary alicyclic amines) is 1. The molecule has 6 heteroatoms. The lowest BCUT2D eigenvalue weighted by Crippen LogP contribution is -2.47. The average Bonchev–Trinajstić information content (AvgIpc) is 3.13. The first kappa shape index (κ1) is 17.5. The molecule has 1 atom stereocenters. The Morgan fingerprint density at radius 1 is 1.24 bits per heavy atom. The molecule has 0 saturated carbocycles. The van der Waals surface area contributed by atoms with E-state index in [4.69, 9.17) is 0 Å². The Bertz CT molecular complexity index is 794. The Balaban J connectivity index is 1.81. The van der Waals surface area contributed by atoms with Gasteiger partial charge in [0, 0.05) is 36.3 Å². The van der Waals surface area contributed by atoms with Crippen LogP contribution in [-0.4, -0.2) is 39.1 Å². The highest BCUT2D eigenvalue weighted by Gasteiger charge is 2.34. The van der Waals surface area contributed by atoms with Crippen LogP contribution in [0.25, 0.3) is 10.9 Å². The molecule has 0 radical (unpaired) electrons. The van der Waals surface area contributed by atoms with Crippen LogP contribution in [-0.2, 0) is 9.59 Å². The van der Waals surface area contributed by atoms with E-state index < -0.39 is 6.04 Å². The van der Waals surface area contributed by atoms with Crippen LogP contribution in [0.5, 0.6) is 0 Å². The van der Waals surface area contributed by atoms with Crippen LogP contribution >= 0.6 is 0 Å². The van der Waals surface area contributed by atoms with Crippen LogP contribution in [0.1, 0.15) is 46.6 Å². The number of aromatic nitrogens is 2. The lowest BCUT2D eigenvalue weighted by Gasteiger charge is -2.29. The summed E-state index contributed by atoms with van der Waals surface area (Å²) in [7, 11) is 0. The summed E-state index contributed by atoms with van der Waals surface area (Å²) >= 11 is 0. The molecule has 0 bridgehead atoms. The minimum atomic E-state index is -0.427. The zero-order chi connectivity index (χ0) is 18.1. The van der Waals surface area contributed by atoms with E-state index in [1.165, 1.54) is 0 Å². The van der Waals surface area contributed by atoms with Crippen LogP contribution < -0.4 is 5.32 Å². The highest BCUT2D eigenvalue weighted by molar-refractivity contribution is 5.99. The number of hydrogen-bond acceptors (Lipinski definition) is 3. The van der Waals surface area contributed by atoms with E-state index in [-0.39, 0.29) is 23.8 Å². The first-order valence-corrected chi connectivity index (χ1v) is 8.96. The maximum absolute atomic E-state index is 12.8. The third-order valence-corrected chi connectivity index (χ3v) is 4.66. The minimum absolute atomic E-state index is 0.0643. The van der Waals surface area contributed by atoms with Crippen molar-refractivity contribution in [2.45, 2.75) is 52.6 Å². The minimum Gasteiger partial charge on any atom is -0.330 e. The molecule has 1 aliphatic rings. The van der Waals surface area contributed by atoms with E-state index in [0.29, 0.717) is 13.0 Å². The van der Waals surface area contributed by atoms with Gasteiger partial charge in [0.2, 0.25) is 11.8 Å². The first-order chi connectivity index (χ1) is 11.9. The molecule has 3 rings (SSSR count). The molecule has 1 saturated heterocycles. The van der Waals surface area contributed by atoms with Gasteiger partial charge >= 0.3 is 0 Å². The van der Waals surface area contributed by atoms with Gasteiger partial charge in [-0.05, 0) is 44.4 Å². The highest BCUT2D eigenvalue weighted by Crippen LogP contribution is 2.23. The number of benzene rings is 1. The van der Waals surface area contributed by atoms with Crippen molar-refractivity contribution < 1.29 is 9.59 Å². The van der Waals surface area contributed by atoms with Crippen molar-refractivity contribution in [3.05, 3.63) is 24.4 Å². The summed E-state index contributed by atoms with van der Waals surface area (Å²) in [5, 5.41) is 8.49. The molecule has 1 aliphatic heterocycles. The Morgan fingerprint density at radius 2 is 2.00 bits per heavy atom. The number of carbonyl (C=O) groups is 2. The SMILES string of the molecule is CC(C)C(C(=O)Nc1ccc2nn(C(C)C)cc2c1)N1CCCC1=O. The van der Waals surface area contributed by atoms with Crippen molar-refractivity contribution in [3.8, 4) is 0 Å². The van der Waals surface area contributed by atoms with Gasteiger partial charge in [0.15, 0.2) is 0 Å². The fourth-order valence-electron chi connectivity index (χ4n) is 3.37. The number of rotatable bonds is 5. The van der Waals surface area contributed by atoms with Gasteiger partial charge in [-0.25, -0.2) is 0 Å². The van der Waals surface area contributed by atoms with Crippen molar-refractivity contribution in [2.24, 2.45) is 5.92 Å². The number of carbonyl (C=O) groups excluding carboxylic acids is 2. The van der Waals surface area contributed by atoms with Gasteiger partial charge in [0.25, 0.3) is 0 Å². The molecule has 0 aliphatic carbocycles. The smallest absolute Gasteiger partial charge is 0.247 e. The third kappa shape index (κ3) is 3.52. The molecular formula is C19H26N4O2. The fourth-order valence-corrected chi connectivity index (χ4v) is 3.37. The summed E-state index contributed by atoms with van der Waals surface area (Å²) in [4.78, 5) is 26.6. The van der Waals surface area contributed by atoms with Gasteiger partial charge in [-0.3, -0.25) is 14.3 Å². The summed E-state index contributed by atoms with van der Waals surface area (Å²) in [6, 6.07) is 5.57. The van der Waals surface area contributed by atoms with Crippen molar-refractivity contribution in [2.75, 3.05) is 11.9 Å². The quantitative estimate of drug-likeness (QED) is 0.907. The monoisotopic (exact) mass is 342 g/mol. The lowest BCUT2D eigenvalue weighted by atomic mass is 10.0. The molecule has 1 fully saturated rings. The molecule has 2 aromatic rings. The molecule has 25 heavy (non-hydrogen) atoms. The normalized spacial score (nSPS) is 16.2. The molecule has 1 aromatic carbocycles. The van der Waals surface area contributed by atoms with Crippen LogP contribution in [0.3, 0.4) is 0 Å². The van der Waals surface area contributed by atoms with Crippen LogP contribution in [0, 0.1) is 5.92 Å². The largest absolute Gasteiger partial charge is 0.330 e. The molecule has 1 aromatic heterocycles. The van der Waals surface area contributed by atoms with Gasteiger partial charge in [-0.2, -0.15) is 5.10 Å². The fraction of sp³-hybridized carbons (Fsp3) is 0.526. The van der Waals surface area contributed by atoms with E-state index in [1.54, 1.807) is 4.90 Å². The van der Waals surface area contributed by atoms with Crippen LogP contribution in [0.4, 0.5) is 5.69 Å². The third-order valence-electron chi connectivity index (χ3n) is 4.66. The van der Waals surface area contributed by atoms with Crippen molar-refractivity contribution in [1.82, 2.24) is 14.7 Å². The molecule has 134 valence electrons. The standard InChI is InChI=1S/C19H26N4O2/c1-12(2)18(22-9-5-6-17(22)24)19(25)20-15-7-8-16-14(10-15)11-23(21-16)13(3)4/h7-8,10-13,18H,5-6,9H2,1-4H3,(H,20,25). The summed E-state index contributed by atoms with van der Waals surface area (Å²) < 4.78 is 1.91. The van der Waals surface area contributed by atoms with Gasteiger partial charge in [0.05, 0.1) is 5.52 Å². The molecule has 2 amide bonds. The predicted molar refractivity (Wildman–Crippen MR) is 98.3 cm³/mol. The van der Waals surface area contributed by atoms with Crippen molar-refractivity contribution >= 4 is 28.4 Å². The molecular weight excluding hydrogens is 316 g/mol. The number of nitrogens with one attached hydrogen (secondary N) is 1. The van der Waals surface area contributed by atoms with Crippen LogP contribution in [0.15, 0.2) is 24.4 Å². The molecule has 1 unspecified atom stereocenters. The zero-order valence-corrected chi connectivity index (χ0v) is 15.3. The first-order valence-electron chi connectivity index (χ1n) is 8.96. The van der Waals surface area contributed by atoms with E-state index in [1.807, 2.05) is 42.9 Å². The maximum Gasteiger partial charge on any atom is 0.247 e. The van der Waals surface area contributed by atoms with Crippen molar-refractivity contribution in [1.29, 1.82) is 0 Å². The zero-order valence-electron chi connectivity index (χ0n) is 15.3. The number of nitrogens with zero attached hydrogens (tertiary/aromatic N) is 3. The number of amides is 2. The molecule has 2 heterocycles. The topological polar surface area (TPSA) is 67.2 Å². The van der Waals surface area contributed by atoms with E-state index >= 15 is 0 Å². The highest BCUT2D eigenvalue weighted by atomic mass is 16.2. The van der Waals surface area contributed by atoms with Gasteiger partial charge < -0.3 is 10.2 Å². The lowest BCUT2D eigenvalue weighted by molar-refractivity contribution is -0.136. The Morgan fingerprint density at radius 3 is 2.60 bits per heavy atom. The average molecular weight is 342 g/mol. The maximum atomic E-state index is 12.8. The van der Waals surface area contributed by atoms with Crippen LogP contribution in [0.2, 0.25) is 0 Å². The summed E-state index contributed by atoms with van der Waals surface area (Å²) in [6.07, 6.45) is 3.35. The second-order valence-electron chi connectivity index (χ2n) is 7.35. The van der Waals surface area contributed by atoms with Crippen molar-refractivity contribution in [3.63, 3.8) is 0 Å². The second-order valence-corrected chi connectivity index (χ2v) is 7.35. The molecule has 6 nitrogen and oxygen atoms in total. The number of hydrogen-bond donors (Lipinski definition) is 1. The Kier molecular flexibility index (Phi) is 4.79. The Labute approximate surface area is 148 Å². The van der Waals surface area contributed by atoms with E-state index in [9.17, 15) is 9.59 Å². The number of fused-ring (bicyclic) bond motifs is 1. The van der Waals surface area contributed by atoms with Gasteiger partial charge in [-0.1, -0.05) is 13.8 Å². The molecule has 1 N–H and O–H groups in total. The summed E-state index contributed by atoms with van der Waals surface area (Å²) in [5.74, 6) is 0.0119. The van der Waals surface area contributed by atoms with Gasteiger partial charge in [0.1, 0.15) is 6.04 Å². The molecule has 0 spiro atoms. The predicted octanol–water partition coefficient (Wildman–Crippen LogP) is 3.20. The van der Waals surface area contributed by atoms with E-state index in [0.717, 1.165) is 23.0 Å². The summed E-state index contributed by atoms with van der Waals surface area (Å²) in [5.41, 5.74) is 1.64. The number of anilines is 1.